The van der Waals surface area contributed by atoms with E-state index in [9.17, 15) is 15.0 Å². The molecule has 2 saturated heterocycles. The normalized spacial score (nSPS) is 39.3. The van der Waals surface area contributed by atoms with Gasteiger partial charge in [-0.25, -0.2) is 0 Å². The molecule has 2 fully saturated rings. The van der Waals surface area contributed by atoms with Gasteiger partial charge in [-0.3, -0.25) is 4.79 Å². The number of aliphatic hydroxyl groups excluding tert-OH is 2. The Labute approximate surface area is 94.2 Å². The number of hydrogen-bond acceptors (Lipinski definition) is 5. The van der Waals surface area contributed by atoms with Gasteiger partial charge in [0.2, 0.25) is 5.91 Å². The third-order valence-electron chi connectivity index (χ3n) is 3.29. The molecule has 0 radical (unpaired) electrons. The zero-order valence-corrected chi connectivity index (χ0v) is 9.30. The largest absolute Gasteiger partial charge is 0.388 e. The fourth-order valence-corrected chi connectivity index (χ4v) is 2.24. The van der Waals surface area contributed by atoms with Crippen LogP contribution in [-0.2, 0) is 9.53 Å². The Morgan fingerprint density at radius 2 is 2.00 bits per heavy atom. The van der Waals surface area contributed by atoms with Gasteiger partial charge in [0.25, 0.3) is 0 Å². The third-order valence-corrected chi connectivity index (χ3v) is 3.29. The van der Waals surface area contributed by atoms with Crippen molar-refractivity contribution in [1.29, 1.82) is 0 Å². The van der Waals surface area contributed by atoms with Crippen molar-refractivity contribution in [1.82, 2.24) is 10.2 Å². The molecule has 6 nitrogen and oxygen atoms in total. The van der Waals surface area contributed by atoms with Gasteiger partial charge in [0.1, 0.15) is 0 Å². The van der Waals surface area contributed by atoms with Gasteiger partial charge in [-0.2, -0.15) is 0 Å². The number of β-amino-alcohol motifs (C(OH)–C–C–N with tert-alkyl or cyclic N) is 2. The molecule has 0 spiro atoms. The second-order valence-electron chi connectivity index (χ2n) is 4.43. The van der Waals surface area contributed by atoms with Crippen molar-refractivity contribution in [3.63, 3.8) is 0 Å². The Morgan fingerprint density at radius 1 is 1.38 bits per heavy atom. The van der Waals surface area contributed by atoms with Gasteiger partial charge in [-0.1, -0.05) is 0 Å². The monoisotopic (exact) mass is 230 g/mol. The average molecular weight is 230 g/mol. The summed E-state index contributed by atoms with van der Waals surface area (Å²) in [4.78, 5) is 13.5. The molecular weight excluding hydrogens is 212 g/mol. The van der Waals surface area contributed by atoms with Crippen LogP contribution in [0.5, 0.6) is 0 Å². The molecule has 3 N–H and O–H groups in total. The molecule has 2 aliphatic rings. The van der Waals surface area contributed by atoms with Gasteiger partial charge in [0.15, 0.2) is 0 Å². The Morgan fingerprint density at radius 3 is 2.50 bits per heavy atom. The quantitative estimate of drug-likeness (QED) is 0.507. The van der Waals surface area contributed by atoms with Crippen molar-refractivity contribution >= 4 is 5.91 Å². The molecule has 2 aliphatic heterocycles. The number of nitrogens with one attached hydrogen (secondary N) is 1. The minimum absolute atomic E-state index is 0.0600. The van der Waals surface area contributed by atoms with Crippen LogP contribution in [0.2, 0.25) is 0 Å². The van der Waals surface area contributed by atoms with Crippen molar-refractivity contribution in [2.75, 3.05) is 26.7 Å². The maximum Gasteiger partial charge on any atom is 0.239 e. The van der Waals surface area contributed by atoms with Crippen LogP contribution < -0.4 is 5.32 Å². The molecule has 16 heavy (non-hydrogen) atoms. The number of ether oxygens (including phenoxy) is 1. The molecule has 4 atom stereocenters. The first-order chi connectivity index (χ1) is 7.61. The number of carbonyl (C=O) groups is 1. The van der Waals surface area contributed by atoms with E-state index >= 15 is 0 Å². The van der Waals surface area contributed by atoms with Crippen LogP contribution in [0.25, 0.3) is 0 Å². The summed E-state index contributed by atoms with van der Waals surface area (Å²) in [5.41, 5.74) is 0. The van der Waals surface area contributed by atoms with Crippen LogP contribution in [0.1, 0.15) is 6.42 Å². The fourth-order valence-electron chi connectivity index (χ4n) is 2.24. The van der Waals surface area contributed by atoms with Gasteiger partial charge in [-0.05, 0) is 6.42 Å². The van der Waals surface area contributed by atoms with E-state index in [0.717, 1.165) is 0 Å². The maximum atomic E-state index is 12.0. The molecule has 0 saturated carbocycles. The molecule has 1 amide bonds. The molecular formula is C10H18N2O4. The lowest BCUT2D eigenvalue weighted by Crippen LogP contribution is -2.43. The summed E-state index contributed by atoms with van der Waals surface area (Å²) in [6, 6.07) is -0.248. The molecule has 2 rings (SSSR count). The zero-order valence-electron chi connectivity index (χ0n) is 9.30. The molecule has 92 valence electrons. The lowest BCUT2D eigenvalue weighted by molar-refractivity contribution is -0.132. The standard InChI is InChI=1S/C10H18N2O4/c1-16-6-2-7(11-3-6)10(15)12-4-8(13)9(14)5-12/h6-9,11,13-14H,2-5H2,1H3/t6?,7?,8-,9+. The molecule has 2 unspecified atom stereocenters. The minimum Gasteiger partial charge on any atom is -0.388 e. The highest BCUT2D eigenvalue weighted by atomic mass is 16.5. The van der Waals surface area contributed by atoms with E-state index in [1.54, 1.807) is 7.11 Å². The second-order valence-corrected chi connectivity index (χ2v) is 4.43. The topological polar surface area (TPSA) is 82.0 Å². The first-order valence-corrected chi connectivity index (χ1v) is 5.53. The van der Waals surface area contributed by atoms with Crippen LogP contribution >= 0.6 is 0 Å². The number of carbonyl (C=O) groups excluding carboxylic acids is 1. The molecule has 0 aromatic heterocycles. The number of rotatable bonds is 2. The minimum atomic E-state index is -0.816. The van der Waals surface area contributed by atoms with Crippen LogP contribution in [0.15, 0.2) is 0 Å². The summed E-state index contributed by atoms with van der Waals surface area (Å²) in [7, 11) is 1.63. The Bertz CT molecular complexity index is 264. The number of likely N-dealkylation sites (tertiary alicyclic amines) is 1. The van der Waals surface area contributed by atoms with Gasteiger partial charge in [-0.15, -0.1) is 0 Å². The van der Waals surface area contributed by atoms with Gasteiger partial charge < -0.3 is 25.2 Å². The predicted molar refractivity (Wildman–Crippen MR) is 55.8 cm³/mol. The smallest absolute Gasteiger partial charge is 0.239 e. The summed E-state index contributed by atoms with van der Waals surface area (Å²) >= 11 is 0. The Balaban J connectivity index is 1.89. The van der Waals surface area contributed by atoms with E-state index in [4.69, 9.17) is 4.74 Å². The fraction of sp³-hybridized carbons (Fsp3) is 0.900. The molecule has 6 heteroatoms. The highest BCUT2D eigenvalue weighted by Crippen LogP contribution is 2.16. The molecule has 0 aromatic carbocycles. The van der Waals surface area contributed by atoms with Crippen molar-refractivity contribution < 1.29 is 19.7 Å². The van der Waals surface area contributed by atoms with E-state index in [-0.39, 0.29) is 31.1 Å². The zero-order chi connectivity index (χ0) is 11.7. The van der Waals surface area contributed by atoms with E-state index in [2.05, 4.69) is 5.32 Å². The SMILES string of the molecule is COC1CNC(C(=O)N2C[C@@H](O)[C@@H](O)C2)C1. The first kappa shape index (κ1) is 11.8. The van der Waals surface area contributed by atoms with Crippen LogP contribution in [0, 0.1) is 0 Å². The predicted octanol–water partition coefficient (Wildman–Crippen LogP) is -2.07. The number of nitrogens with zero attached hydrogens (tertiary/aromatic N) is 1. The molecule has 0 bridgehead atoms. The van der Waals surface area contributed by atoms with Crippen LogP contribution in [-0.4, -0.2) is 72.1 Å². The highest BCUT2D eigenvalue weighted by molar-refractivity contribution is 5.82. The molecule has 2 heterocycles. The van der Waals surface area contributed by atoms with Gasteiger partial charge in [0.05, 0.1) is 24.4 Å². The lowest BCUT2D eigenvalue weighted by atomic mass is 10.2. The van der Waals surface area contributed by atoms with E-state index in [0.29, 0.717) is 13.0 Å². The third kappa shape index (κ3) is 2.20. The maximum absolute atomic E-state index is 12.0. The number of amides is 1. The highest BCUT2D eigenvalue weighted by Gasteiger charge is 2.38. The lowest BCUT2D eigenvalue weighted by Gasteiger charge is -2.19. The number of aliphatic hydroxyl groups is 2. The summed E-state index contributed by atoms with van der Waals surface area (Å²) < 4.78 is 5.16. The average Bonchev–Trinajstić information content (AvgIpc) is 2.86. The Hall–Kier alpha value is -0.690. The van der Waals surface area contributed by atoms with Crippen molar-refractivity contribution in [3.05, 3.63) is 0 Å². The van der Waals surface area contributed by atoms with Crippen molar-refractivity contribution in [2.24, 2.45) is 0 Å². The van der Waals surface area contributed by atoms with Gasteiger partial charge >= 0.3 is 0 Å². The summed E-state index contributed by atoms with van der Waals surface area (Å²) in [6.07, 6.45) is -0.906. The summed E-state index contributed by atoms with van der Waals surface area (Å²) in [5, 5.41) is 21.8. The second kappa shape index (κ2) is 4.67. The van der Waals surface area contributed by atoms with Crippen molar-refractivity contribution in [2.45, 2.75) is 30.8 Å². The number of methoxy groups -OCH3 is 1. The van der Waals surface area contributed by atoms with Crippen LogP contribution in [0.3, 0.4) is 0 Å². The van der Waals surface area contributed by atoms with Crippen LogP contribution in [0.4, 0.5) is 0 Å². The summed E-state index contributed by atoms with van der Waals surface area (Å²) in [6.45, 7) is 1.11. The number of hydrogen-bond donors (Lipinski definition) is 3. The first-order valence-electron chi connectivity index (χ1n) is 5.53. The molecule has 0 aliphatic carbocycles. The van der Waals surface area contributed by atoms with Gasteiger partial charge in [0, 0.05) is 26.7 Å². The molecule has 0 aromatic rings. The summed E-state index contributed by atoms with van der Waals surface area (Å²) in [5.74, 6) is -0.0600. The van der Waals surface area contributed by atoms with E-state index in [1.807, 2.05) is 0 Å². The van der Waals surface area contributed by atoms with E-state index < -0.39 is 12.2 Å². The van der Waals surface area contributed by atoms with Crippen molar-refractivity contribution in [3.8, 4) is 0 Å². The van der Waals surface area contributed by atoms with E-state index in [1.165, 1.54) is 4.90 Å². The Kier molecular flexibility index (Phi) is 3.44.